The fraction of sp³-hybridized carbons (Fsp3) is 0.409. The predicted molar refractivity (Wildman–Crippen MR) is 113 cm³/mol. The van der Waals surface area contributed by atoms with Crippen LogP contribution in [0.4, 0.5) is 0 Å². The fourth-order valence-corrected chi connectivity index (χ4v) is 3.95. The summed E-state index contributed by atoms with van der Waals surface area (Å²) in [5.74, 6) is 0.822. The number of hydrogen-bond donors (Lipinski definition) is 1. The topological polar surface area (TPSA) is 65.8 Å². The highest BCUT2D eigenvalue weighted by molar-refractivity contribution is 5.99. The highest BCUT2D eigenvalue weighted by Crippen LogP contribution is 2.33. The lowest BCUT2D eigenvalue weighted by molar-refractivity contribution is 0.0948. The van der Waals surface area contributed by atoms with Crippen LogP contribution in [-0.4, -0.2) is 63.8 Å². The minimum absolute atomic E-state index is 0.115. The average molecular weight is 393 g/mol. The Labute approximate surface area is 171 Å². The van der Waals surface area contributed by atoms with Crippen LogP contribution in [0.1, 0.15) is 40.9 Å². The molecule has 1 unspecified atom stereocenters. The molecule has 3 aromatic heterocycles. The van der Waals surface area contributed by atoms with Crippen molar-refractivity contribution in [2.24, 2.45) is 0 Å². The van der Waals surface area contributed by atoms with Crippen LogP contribution < -0.4 is 5.32 Å². The summed E-state index contributed by atoms with van der Waals surface area (Å²) in [4.78, 5) is 26.6. The number of aromatic nitrogens is 3. The van der Waals surface area contributed by atoms with Gasteiger partial charge >= 0.3 is 0 Å². The van der Waals surface area contributed by atoms with Gasteiger partial charge in [0.05, 0.1) is 17.3 Å². The maximum absolute atomic E-state index is 12.8. The van der Waals surface area contributed by atoms with E-state index in [1.807, 2.05) is 61.7 Å². The third-order valence-corrected chi connectivity index (χ3v) is 5.39. The first kappa shape index (κ1) is 19.5. The molecule has 3 aromatic rings. The predicted octanol–water partition coefficient (Wildman–Crippen LogP) is 2.36. The molecule has 7 heteroatoms. The number of nitrogens with one attached hydrogen (secondary N) is 1. The van der Waals surface area contributed by atoms with Crippen LogP contribution in [0.5, 0.6) is 0 Å². The quantitative estimate of drug-likeness (QED) is 0.669. The summed E-state index contributed by atoms with van der Waals surface area (Å²) in [7, 11) is 3.99. The number of carbonyl (C=O) groups excluding carboxylic acids is 1. The maximum atomic E-state index is 12.8. The van der Waals surface area contributed by atoms with Gasteiger partial charge in [0.25, 0.3) is 5.91 Å². The lowest BCUT2D eigenvalue weighted by Crippen LogP contribution is -2.31. The molecule has 7 nitrogen and oxygen atoms in total. The minimum atomic E-state index is -0.115. The third kappa shape index (κ3) is 4.31. The van der Waals surface area contributed by atoms with Crippen molar-refractivity contribution in [3.8, 4) is 0 Å². The van der Waals surface area contributed by atoms with Gasteiger partial charge in [-0.3, -0.25) is 14.7 Å². The Morgan fingerprint density at radius 3 is 2.90 bits per heavy atom. The molecule has 0 aliphatic carbocycles. The van der Waals surface area contributed by atoms with Crippen molar-refractivity contribution in [2.75, 3.05) is 33.7 Å². The molecule has 1 N–H and O–H groups in total. The van der Waals surface area contributed by atoms with Crippen molar-refractivity contribution >= 4 is 11.4 Å². The van der Waals surface area contributed by atoms with Gasteiger partial charge in [0.15, 0.2) is 5.69 Å². The van der Waals surface area contributed by atoms with E-state index in [1.165, 1.54) is 0 Å². The SMILES string of the molecule is CN(C)CCNC(=O)c1nc(C2CCCN2Cc2ccccn2)n2ccccc12. The van der Waals surface area contributed by atoms with Crippen LogP contribution >= 0.6 is 0 Å². The lowest BCUT2D eigenvalue weighted by Gasteiger charge is -2.23. The number of pyridine rings is 2. The average Bonchev–Trinajstić information content (AvgIpc) is 3.32. The highest BCUT2D eigenvalue weighted by atomic mass is 16.1. The van der Waals surface area contributed by atoms with Gasteiger partial charge in [0.1, 0.15) is 5.82 Å². The lowest BCUT2D eigenvalue weighted by atomic mass is 10.2. The van der Waals surface area contributed by atoms with E-state index in [2.05, 4.69) is 25.7 Å². The Morgan fingerprint density at radius 1 is 1.24 bits per heavy atom. The second-order valence-electron chi connectivity index (χ2n) is 7.78. The molecule has 1 saturated heterocycles. The zero-order valence-electron chi connectivity index (χ0n) is 17.1. The van der Waals surface area contributed by atoms with Crippen LogP contribution in [-0.2, 0) is 6.54 Å². The number of likely N-dealkylation sites (N-methyl/N-ethyl adjacent to an activating group) is 1. The van der Waals surface area contributed by atoms with Crippen molar-refractivity contribution in [3.05, 3.63) is 66.0 Å². The molecule has 0 spiro atoms. The number of likely N-dealkylation sites (tertiary alicyclic amines) is 1. The summed E-state index contributed by atoms with van der Waals surface area (Å²) in [6, 6.07) is 12.1. The van der Waals surface area contributed by atoms with Gasteiger partial charge in [-0.05, 0) is 57.7 Å². The Hall–Kier alpha value is -2.77. The second kappa shape index (κ2) is 8.71. The number of amides is 1. The van der Waals surface area contributed by atoms with Gasteiger partial charge in [-0.15, -0.1) is 0 Å². The number of carbonyl (C=O) groups is 1. The van der Waals surface area contributed by atoms with Crippen molar-refractivity contribution < 1.29 is 4.79 Å². The van der Waals surface area contributed by atoms with Crippen LogP contribution in [0.25, 0.3) is 5.52 Å². The molecule has 0 saturated carbocycles. The van der Waals surface area contributed by atoms with E-state index in [-0.39, 0.29) is 11.9 Å². The first-order chi connectivity index (χ1) is 14.1. The van der Waals surface area contributed by atoms with Gasteiger partial charge in [0, 0.05) is 32.0 Å². The molecule has 1 atom stereocenters. The van der Waals surface area contributed by atoms with Crippen LogP contribution in [0.15, 0.2) is 48.8 Å². The number of imidazole rings is 1. The molecule has 152 valence electrons. The van der Waals surface area contributed by atoms with Crippen molar-refractivity contribution in [1.29, 1.82) is 0 Å². The van der Waals surface area contributed by atoms with Crippen LogP contribution in [0.3, 0.4) is 0 Å². The van der Waals surface area contributed by atoms with E-state index in [4.69, 9.17) is 4.98 Å². The molecule has 1 aliphatic rings. The van der Waals surface area contributed by atoms with Crippen LogP contribution in [0, 0.1) is 0 Å². The van der Waals surface area contributed by atoms with E-state index in [0.29, 0.717) is 12.2 Å². The highest BCUT2D eigenvalue weighted by Gasteiger charge is 2.31. The van der Waals surface area contributed by atoms with E-state index < -0.39 is 0 Å². The largest absolute Gasteiger partial charge is 0.349 e. The summed E-state index contributed by atoms with van der Waals surface area (Å²) in [5, 5.41) is 3.00. The Morgan fingerprint density at radius 2 is 2.10 bits per heavy atom. The number of fused-ring (bicyclic) bond motifs is 1. The van der Waals surface area contributed by atoms with E-state index in [0.717, 1.165) is 49.5 Å². The molecule has 1 aliphatic heterocycles. The van der Waals surface area contributed by atoms with Crippen molar-refractivity contribution in [1.82, 2.24) is 29.5 Å². The van der Waals surface area contributed by atoms with E-state index in [1.54, 1.807) is 0 Å². The van der Waals surface area contributed by atoms with Gasteiger partial charge in [-0.25, -0.2) is 4.98 Å². The van der Waals surface area contributed by atoms with Gasteiger partial charge in [-0.1, -0.05) is 12.1 Å². The standard InChI is InChI=1S/C22H28N6O/c1-26(2)15-12-24-22(29)20-18-9-4-6-14-28(18)21(25-20)19-10-7-13-27(19)16-17-8-3-5-11-23-17/h3-6,8-9,11,14,19H,7,10,12-13,15-16H2,1-2H3,(H,24,29). The molecule has 29 heavy (non-hydrogen) atoms. The minimum Gasteiger partial charge on any atom is -0.349 e. The number of rotatable bonds is 7. The summed E-state index contributed by atoms with van der Waals surface area (Å²) in [5.41, 5.74) is 2.42. The molecule has 4 heterocycles. The molecule has 1 amide bonds. The first-order valence-corrected chi connectivity index (χ1v) is 10.2. The Bertz CT molecular complexity index is 968. The molecule has 0 bridgehead atoms. The van der Waals surface area contributed by atoms with Crippen molar-refractivity contribution in [3.63, 3.8) is 0 Å². The molecule has 4 rings (SSSR count). The summed E-state index contributed by atoms with van der Waals surface area (Å²) in [6.07, 6.45) is 5.99. The molecule has 1 fully saturated rings. The van der Waals surface area contributed by atoms with E-state index >= 15 is 0 Å². The fourth-order valence-electron chi connectivity index (χ4n) is 3.95. The zero-order chi connectivity index (χ0) is 20.2. The van der Waals surface area contributed by atoms with E-state index in [9.17, 15) is 4.79 Å². The van der Waals surface area contributed by atoms with Gasteiger partial charge in [-0.2, -0.15) is 0 Å². The number of hydrogen-bond acceptors (Lipinski definition) is 5. The Kier molecular flexibility index (Phi) is 5.87. The normalized spacial score (nSPS) is 17.3. The zero-order valence-corrected chi connectivity index (χ0v) is 17.1. The molecule has 0 aromatic carbocycles. The van der Waals surface area contributed by atoms with Crippen molar-refractivity contribution in [2.45, 2.75) is 25.4 Å². The maximum Gasteiger partial charge on any atom is 0.272 e. The number of nitrogens with zero attached hydrogens (tertiary/aromatic N) is 5. The first-order valence-electron chi connectivity index (χ1n) is 10.2. The molecule has 0 radical (unpaired) electrons. The third-order valence-electron chi connectivity index (χ3n) is 5.39. The molecular weight excluding hydrogens is 364 g/mol. The monoisotopic (exact) mass is 392 g/mol. The van der Waals surface area contributed by atoms with Gasteiger partial charge < -0.3 is 14.6 Å². The summed E-state index contributed by atoms with van der Waals surface area (Å²) >= 11 is 0. The molecular formula is C22H28N6O. The second-order valence-corrected chi connectivity index (χ2v) is 7.78. The Balaban J connectivity index is 1.61. The van der Waals surface area contributed by atoms with Crippen LogP contribution in [0.2, 0.25) is 0 Å². The smallest absolute Gasteiger partial charge is 0.272 e. The van der Waals surface area contributed by atoms with Gasteiger partial charge in [0.2, 0.25) is 0 Å². The summed E-state index contributed by atoms with van der Waals surface area (Å²) < 4.78 is 2.07. The summed E-state index contributed by atoms with van der Waals surface area (Å²) in [6.45, 7) is 3.19.